The highest BCUT2D eigenvalue weighted by molar-refractivity contribution is 5.81. The highest BCUT2D eigenvalue weighted by Crippen LogP contribution is 2.53. The van der Waals surface area contributed by atoms with E-state index in [1.807, 2.05) is 30.3 Å². The number of carbonyl (C=O) groups is 1. The molecule has 100 valence electrons. The second-order valence-corrected chi connectivity index (χ2v) is 5.14. The van der Waals surface area contributed by atoms with Gasteiger partial charge in [0.05, 0.1) is 13.2 Å². The smallest absolute Gasteiger partial charge is 0.315 e. The average Bonchev–Trinajstić information content (AvgIpc) is 2.65. The van der Waals surface area contributed by atoms with Crippen molar-refractivity contribution in [2.75, 3.05) is 7.11 Å². The molecule has 0 heterocycles. The summed E-state index contributed by atoms with van der Waals surface area (Å²) < 4.78 is 4.89. The van der Waals surface area contributed by atoms with Crippen molar-refractivity contribution in [1.82, 2.24) is 0 Å². The number of fused-ring (bicyclic) bond motifs is 1. The van der Waals surface area contributed by atoms with Crippen molar-refractivity contribution in [3.63, 3.8) is 0 Å². The molecular weight excluding hydrogens is 242 g/mol. The summed E-state index contributed by atoms with van der Waals surface area (Å²) in [5.74, 6) is -0.455. The summed E-state index contributed by atoms with van der Waals surface area (Å²) in [5, 5.41) is 19.7. The van der Waals surface area contributed by atoms with Gasteiger partial charge in [0, 0.05) is 6.42 Å². The lowest BCUT2D eigenvalue weighted by atomic mass is 9.70. The van der Waals surface area contributed by atoms with Crippen molar-refractivity contribution >= 4 is 5.97 Å². The molecule has 1 aliphatic rings. The van der Waals surface area contributed by atoms with Crippen LogP contribution in [-0.4, -0.2) is 18.2 Å². The molecule has 0 spiro atoms. The minimum atomic E-state index is -1.31. The van der Waals surface area contributed by atoms with Gasteiger partial charge in [-0.25, -0.2) is 0 Å². The Hall–Kier alpha value is -1.86. The highest BCUT2D eigenvalue weighted by Gasteiger charge is 2.59. The van der Waals surface area contributed by atoms with Crippen LogP contribution in [0.5, 0.6) is 0 Å². The first-order valence-corrected chi connectivity index (χ1v) is 6.26. The Balaban J connectivity index is 2.53. The summed E-state index contributed by atoms with van der Waals surface area (Å²) >= 11 is 0. The maximum Gasteiger partial charge on any atom is 0.315 e. The Kier molecular flexibility index (Phi) is 3.34. The third-order valence-electron chi connectivity index (χ3n) is 4.21. The SMILES string of the molecule is COC(=O)[C@]1(CCC#N)Cc2ccccc2[C@@]1(C)O. The van der Waals surface area contributed by atoms with Crippen LogP contribution >= 0.6 is 0 Å². The van der Waals surface area contributed by atoms with E-state index in [9.17, 15) is 9.90 Å². The molecule has 19 heavy (non-hydrogen) atoms. The number of rotatable bonds is 3. The van der Waals surface area contributed by atoms with Crippen LogP contribution < -0.4 is 0 Å². The Morgan fingerprint density at radius 2 is 2.21 bits per heavy atom. The molecule has 0 radical (unpaired) electrons. The van der Waals surface area contributed by atoms with Crippen molar-refractivity contribution in [3.8, 4) is 6.07 Å². The molecule has 1 aromatic rings. The molecule has 0 amide bonds. The third kappa shape index (κ3) is 1.82. The summed E-state index contributed by atoms with van der Waals surface area (Å²) in [7, 11) is 1.32. The zero-order chi connectivity index (χ0) is 14.1. The second kappa shape index (κ2) is 4.67. The number of aliphatic hydroxyl groups is 1. The number of nitriles is 1. The van der Waals surface area contributed by atoms with Gasteiger partial charge in [-0.1, -0.05) is 24.3 Å². The van der Waals surface area contributed by atoms with Crippen molar-refractivity contribution < 1.29 is 14.6 Å². The Morgan fingerprint density at radius 3 is 2.79 bits per heavy atom. The fraction of sp³-hybridized carbons (Fsp3) is 0.467. The fourth-order valence-electron chi connectivity index (χ4n) is 3.07. The van der Waals surface area contributed by atoms with Gasteiger partial charge in [0.25, 0.3) is 0 Å². The Morgan fingerprint density at radius 1 is 1.53 bits per heavy atom. The van der Waals surface area contributed by atoms with Crippen molar-refractivity contribution in [3.05, 3.63) is 35.4 Å². The summed E-state index contributed by atoms with van der Waals surface area (Å²) in [5.41, 5.74) is -0.691. The largest absolute Gasteiger partial charge is 0.468 e. The number of nitrogens with zero attached hydrogens (tertiary/aromatic N) is 1. The number of hydrogen-bond acceptors (Lipinski definition) is 4. The lowest BCUT2D eigenvalue weighted by Crippen LogP contribution is -2.47. The molecule has 1 N–H and O–H groups in total. The van der Waals surface area contributed by atoms with Crippen LogP contribution in [0.1, 0.15) is 30.9 Å². The predicted octanol–water partition coefficient (Wildman–Crippen LogP) is 1.91. The fourth-order valence-corrected chi connectivity index (χ4v) is 3.07. The molecule has 2 rings (SSSR count). The zero-order valence-corrected chi connectivity index (χ0v) is 11.1. The molecule has 0 saturated carbocycles. The van der Waals surface area contributed by atoms with Gasteiger partial charge in [0.15, 0.2) is 0 Å². The van der Waals surface area contributed by atoms with E-state index in [1.54, 1.807) is 6.92 Å². The van der Waals surface area contributed by atoms with Gasteiger partial charge < -0.3 is 9.84 Å². The average molecular weight is 259 g/mol. The molecule has 1 aliphatic carbocycles. The summed E-state index contributed by atoms with van der Waals surface area (Å²) in [6.07, 6.45) is 0.904. The van der Waals surface area contributed by atoms with Crippen LogP contribution in [0.2, 0.25) is 0 Å². The lowest BCUT2D eigenvalue weighted by molar-refractivity contribution is -0.171. The van der Waals surface area contributed by atoms with Crippen LogP contribution in [0.25, 0.3) is 0 Å². The van der Waals surface area contributed by atoms with Crippen molar-refractivity contribution in [1.29, 1.82) is 5.26 Å². The third-order valence-corrected chi connectivity index (χ3v) is 4.21. The van der Waals surface area contributed by atoms with Gasteiger partial charge >= 0.3 is 5.97 Å². The summed E-state index contributed by atoms with van der Waals surface area (Å²) in [6, 6.07) is 9.49. The first kappa shape index (κ1) is 13.6. The van der Waals surface area contributed by atoms with E-state index in [0.717, 1.165) is 11.1 Å². The molecule has 1 aromatic carbocycles. The normalized spacial score (nSPS) is 28.5. The molecule has 4 heteroatoms. The van der Waals surface area contributed by atoms with Gasteiger partial charge in [-0.05, 0) is 30.9 Å². The maximum atomic E-state index is 12.2. The topological polar surface area (TPSA) is 70.3 Å². The first-order valence-electron chi connectivity index (χ1n) is 6.26. The molecule has 0 saturated heterocycles. The minimum absolute atomic E-state index is 0.208. The zero-order valence-electron chi connectivity index (χ0n) is 11.1. The minimum Gasteiger partial charge on any atom is -0.468 e. The number of esters is 1. The quantitative estimate of drug-likeness (QED) is 0.842. The summed E-state index contributed by atoms with van der Waals surface area (Å²) in [4.78, 5) is 12.2. The van der Waals surface area contributed by atoms with E-state index in [2.05, 4.69) is 0 Å². The monoisotopic (exact) mass is 259 g/mol. The second-order valence-electron chi connectivity index (χ2n) is 5.14. The van der Waals surface area contributed by atoms with E-state index in [1.165, 1.54) is 7.11 Å². The van der Waals surface area contributed by atoms with Crippen molar-refractivity contribution in [2.45, 2.75) is 31.8 Å². The molecule has 0 bridgehead atoms. The molecule has 0 aliphatic heterocycles. The van der Waals surface area contributed by atoms with Gasteiger partial charge in [0.2, 0.25) is 0 Å². The maximum absolute atomic E-state index is 12.2. The molecule has 2 atom stereocenters. The molecule has 0 fully saturated rings. The van der Waals surface area contributed by atoms with Gasteiger partial charge in [-0.3, -0.25) is 4.79 Å². The number of methoxy groups -OCH3 is 1. The van der Waals surface area contributed by atoms with E-state index in [0.29, 0.717) is 6.42 Å². The van der Waals surface area contributed by atoms with Crippen LogP contribution in [0.3, 0.4) is 0 Å². The molecule has 0 unspecified atom stereocenters. The first-order chi connectivity index (χ1) is 8.99. The van der Waals surface area contributed by atoms with Gasteiger partial charge in [-0.2, -0.15) is 5.26 Å². The highest BCUT2D eigenvalue weighted by atomic mass is 16.5. The van der Waals surface area contributed by atoms with Gasteiger partial charge in [-0.15, -0.1) is 0 Å². The van der Waals surface area contributed by atoms with E-state index < -0.39 is 17.0 Å². The van der Waals surface area contributed by atoms with Gasteiger partial charge in [0.1, 0.15) is 11.0 Å². The molecule has 0 aromatic heterocycles. The number of hydrogen-bond donors (Lipinski definition) is 1. The molecular formula is C15H17NO3. The van der Waals surface area contributed by atoms with Crippen LogP contribution in [0, 0.1) is 16.7 Å². The predicted molar refractivity (Wildman–Crippen MR) is 69.0 cm³/mol. The Labute approximate surface area is 112 Å². The molecule has 4 nitrogen and oxygen atoms in total. The number of carbonyl (C=O) groups excluding carboxylic acids is 1. The van der Waals surface area contributed by atoms with Crippen LogP contribution in [0.4, 0.5) is 0 Å². The standard InChI is InChI=1S/C15H17NO3/c1-14(18)12-7-4-3-6-11(12)10-15(14,8-5-9-16)13(17)19-2/h3-4,6-7,18H,5,8,10H2,1-2H3/t14-,15+/m1/s1. The van der Waals surface area contributed by atoms with Crippen LogP contribution in [-0.2, 0) is 21.6 Å². The van der Waals surface area contributed by atoms with E-state index in [4.69, 9.17) is 10.00 Å². The van der Waals surface area contributed by atoms with E-state index in [-0.39, 0.29) is 12.8 Å². The van der Waals surface area contributed by atoms with E-state index >= 15 is 0 Å². The lowest BCUT2D eigenvalue weighted by Gasteiger charge is -2.37. The number of benzene rings is 1. The number of ether oxygens (including phenoxy) is 1. The Bertz CT molecular complexity index is 545. The van der Waals surface area contributed by atoms with Crippen LogP contribution in [0.15, 0.2) is 24.3 Å². The summed E-state index contributed by atoms with van der Waals surface area (Å²) in [6.45, 7) is 1.63. The van der Waals surface area contributed by atoms with Crippen molar-refractivity contribution in [2.24, 2.45) is 5.41 Å².